The van der Waals surface area contributed by atoms with Crippen molar-refractivity contribution in [2.75, 3.05) is 4.90 Å². The predicted octanol–water partition coefficient (Wildman–Crippen LogP) is 4.69. The van der Waals surface area contributed by atoms with Gasteiger partial charge in [0.05, 0.1) is 11.4 Å². The van der Waals surface area contributed by atoms with E-state index in [9.17, 15) is 4.79 Å². The van der Waals surface area contributed by atoms with E-state index in [0.29, 0.717) is 13.1 Å². The first kappa shape index (κ1) is 18.8. The number of hydrogen-bond acceptors (Lipinski definition) is 2. The largest absolute Gasteiger partial charge is 0.357 e. The van der Waals surface area contributed by atoms with Crippen LogP contribution in [0.5, 0.6) is 0 Å². The van der Waals surface area contributed by atoms with Crippen molar-refractivity contribution in [3.63, 3.8) is 0 Å². The van der Waals surface area contributed by atoms with Crippen LogP contribution in [0.25, 0.3) is 5.69 Å². The molecule has 4 nitrogen and oxygen atoms in total. The smallest absolute Gasteiger partial charge is 0.295 e. The topological polar surface area (TPSA) is 30.2 Å². The highest BCUT2D eigenvalue weighted by atomic mass is 16.1. The summed E-state index contributed by atoms with van der Waals surface area (Å²) in [5, 5.41) is 0. The summed E-state index contributed by atoms with van der Waals surface area (Å²) in [5.74, 6) is 0. The Morgan fingerprint density at radius 3 is 1.66 bits per heavy atom. The Morgan fingerprint density at radius 2 is 1.17 bits per heavy atom. The van der Waals surface area contributed by atoms with Gasteiger partial charge in [-0.15, -0.1) is 0 Å². The molecule has 146 valence electrons. The zero-order valence-electron chi connectivity index (χ0n) is 16.8. The Morgan fingerprint density at radius 1 is 0.724 bits per heavy atom. The molecule has 0 spiro atoms. The SMILES string of the molecule is Cc1c(N(Cc2ccccc2)Cc2ccccc2)c(=O)n(-c2ccccc2)n1C. The molecule has 29 heavy (non-hydrogen) atoms. The molecule has 0 atom stereocenters. The highest BCUT2D eigenvalue weighted by Gasteiger charge is 2.22. The minimum Gasteiger partial charge on any atom is -0.357 e. The first-order valence-corrected chi connectivity index (χ1v) is 9.82. The summed E-state index contributed by atoms with van der Waals surface area (Å²) < 4.78 is 3.68. The molecule has 0 aliphatic heterocycles. The van der Waals surface area contributed by atoms with E-state index in [1.807, 2.05) is 85.4 Å². The van der Waals surface area contributed by atoms with E-state index in [-0.39, 0.29) is 5.56 Å². The Labute approximate surface area is 171 Å². The van der Waals surface area contributed by atoms with Crippen LogP contribution in [0, 0.1) is 6.92 Å². The second-order valence-electron chi connectivity index (χ2n) is 7.24. The minimum atomic E-state index is 0.00284. The molecule has 0 saturated carbocycles. The molecule has 4 aromatic rings. The maximum Gasteiger partial charge on any atom is 0.295 e. The maximum atomic E-state index is 13.5. The molecule has 0 aliphatic rings. The van der Waals surface area contributed by atoms with Crippen LogP contribution in [0.15, 0.2) is 95.8 Å². The van der Waals surface area contributed by atoms with Crippen molar-refractivity contribution < 1.29 is 0 Å². The van der Waals surface area contributed by atoms with Gasteiger partial charge in [0.25, 0.3) is 5.56 Å². The summed E-state index contributed by atoms with van der Waals surface area (Å²) in [6, 6.07) is 30.4. The third kappa shape index (κ3) is 3.87. The lowest BCUT2D eigenvalue weighted by molar-refractivity contribution is 0.630. The molecular formula is C25H25N3O. The van der Waals surface area contributed by atoms with Crippen LogP contribution in [-0.4, -0.2) is 9.36 Å². The zero-order valence-corrected chi connectivity index (χ0v) is 16.8. The quantitative estimate of drug-likeness (QED) is 0.483. The lowest BCUT2D eigenvalue weighted by atomic mass is 10.1. The number of aromatic nitrogens is 2. The van der Waals surface area contributed by atoms with Gasteiger partial charge in [0.2, 0.25) is 0 Å². The van der Waals surface area contributed by atoms with Crippen LogP contribution < -0.4 is 10.5 Å². The maximum absolute atomic E-state index is 13.5. The molecule has 1 heterocycles. The second kappa shape index (κ2) is 8.23. The van der Waals surface area contributed by atoms with Crippen LogP contribution in [0.4, 0.5) is 5.69 Å². The van der Waals surface area contributed by atoms with Crippen molar-refractivity contribution in [2.24, 2.45) is 7.05 Å². The van der Waals surface area contributed by atoms with E-state index in [1.165, 1.54) is 11.1 Å². The van der Waals surface area contributed by atoms with E-state index in [0.717, 1.165) is 17.1 Å². The third-order valence-electron chi connectivity index (χ3n) is 5.27. The van der Waals surface area contributed by atoms with Gasteiger partial charge in [-0.25, -0.2) is 4.68 Å². The van der Waals surface area contributed by atoms with E-state index >= 15 is 0 Å². The van der Waals surface area contributed by atoms with Crippen molar-refractivity contribution in [1.29, 1.82) is 0 Å². The monoisotopic (exact) mass is 383 g/mol. The van der Waals surface area contributed by atoms with Crippen LogP contribution in [0.3, 0.4) is 0 Å². The van der Waals surface area contributed by atoms with Crippen LogP contribution >= 0.6 is 0 Å². The van der Waals surface area contributed by atoms with Gasteiger partial charge in [-0.1, -0.05) is 78.9 Å². The van der Waals surface area contributed by atoms with Crippen molar-refractivity contribution in [3.05, 3.63) is 118 Å². The van der Waals surface area contributed by atoms with Gasteiger partial charge in [-0.3, -0.25) is 9.48 Å². The van der Waals surface area contributed by atoms with Crippen molar-refractivity contribution in [3.8, 4) is 5.69 Å². The summed E-state index contributed by atoms with van der Waals surface area (Å²) in [7, 11) is 1.94. The molecule has 4 heteroatoms. The number of benzene rings is 3. The summed E-state index contributed by atoms with van der Waals surface area (Å²) in [4.78, 5) is 15.7. The molecule has 0 saturated heterocycles. The molecule has 0 N–H and O–H groups in total. The lowest BCUT2D eigenvalue weighted by Gasteiger charge is -2.24. The molecule has 0 aliphatic carbocycles. The van der Waals surface area contributed by atoms with Gasteiger partial charge in [0.1, 0.15) is 5.69 Å². The van der Waals surface area contributed by atoms with Gasteiger partial charge in [0.15, 0.2) is 0 Å². The van der Waals surface area contributed by atoms with Gasteiger partial charge < -0.3 is 4.90 Å². The standard InChI is InChI=1S/C25H25N3O/c1-20-24(25(29)28(26(20)2)23-16-10-5-11-17-23)27(18-21-12-6-3-7-13-21)19-22-14-8-4-9-15-22/h3-17H,18-19H2,1-2H3. The molecular weight excluding hydrogens is 358 g/mol. The molecule has 0 fully saturated rings. The van der Waals surface area contributed by atoms with Gasteiger partial charge in [-0.05, 0) is 30.2 Å². The number of hydrogen-bond donors (Lipinski definition) is 0. The van der Waals surface area contributed by atoms with Gasteiger partial charge in [0, 0.05) is 20.1 Å². The molecule has 0 radical (unpaired) electrons. The first-order valence-electron chi connectivity index (χ1n) is 9.82. The normalized spacial score (nSPS) is 10.8. The minimum absolute atomic E-state index is 0.00284. The molecule has 0 amide bonds. The van der Waals surface area contributed by atoms with Crippen molar-refractivity contribution >= 4 is 5.69 Å². The molecule has 0 unspecified atom stereocenters. The zero-order chi connectivity index (χ0) is 20.2. The third-order valence-corrected chi connectivity index (χ3v) is 5.27. The fourth-order valence-electron chi connectivity index (χ4n) is 3.74. The van der Waals surface area contributed by atoms with Crippen molar-refractivity contribution in [2.45, 2.75) is 20.0 Å². The van der Waals surface area contributed by atoms with E-state index in [1.54, 1.807) is 4.68 Å². The molecule has 3 aromatic carbocycles. The fourth-order valence-corrected chi connectivity index (χ4v) is 3.74. The Bertz CT molecular complexity index is 1090. The highest BCUT2D eigenvalue weighted by molar-refractivity contribution is 5.52. The Hall–Kier alpha value is -3.53. The summed E-state index contributed by atoms with van der Waals surface area (Å²) in [6.45, 7) is 3.36. The van der Waals surface area contributed by atoms with Gasteiger partial charge in [-0.2, -0.15) is 0 Å². The van der Waals surface area contributed by atoms with Crippen molar-refractivity contribution in [1.82, 2.24) is 9.36 Å². The van der Waals surface area contributed by atoms with E-state index in [2.05, 4.69) is 29.2 Å². The Balaban J connectivity index is 1.81. The average molecular weight is 383 g/mol. The van der Waals surface area contributed by atoms with E-state index in [4.69, 9.17) is 0 Å². The van der Waals surface area contributed by atoms with Crippen LogP contribution in [0.1, 0.15) is 16.8 Å². The summed E-state index contributed by atoms with van der Waals surface area (Å²) in [5.41, 5.74) is 4.92. The molecule has 4 rings (SSSR count). The van der Waals surface area contributed by atoms with Crippen LogP contribution in [-0.2, 0) is 20.1 Å². The number of para-hydroxylation sites is 1. The predicted molar refractivity (Wildman–Crippen MR) is 119 cm³/mol. The number of anilines is 1. The van der Waals surface area contributed by atoms with Crippen LogP contribution in [0.2, 0.25) is 0 Å². The lowest BCUT2D eigenvalue weighted by Crippen LogP contribution is -2.29. The molecule has 1 aromatic heterocycles. The van der Waals surface area contributed by atoms with Gasteiger partial charge >= 0.3 is 0 Å². The number of rotatable bonds is 6. The number of nitrogens with zero attached hydrogens (tertiary/aromatic N) is 3. The first-order chi connectivity index (χ1) is 14.1. The van der Waals surface area contributed by atoms with E-state index < -0.39 is 0 Å². The molecule has 0 bridgehead atoms. The highest BCUT2D eigenvalue weighted by Crippen LogP contribution is 2.22. The fraction of sp³-hybridized carbons (Fsp3) is 0.160. The summed E-state index contributed by atoms with van der Waals surface area (Å²) in [6.07, 6.45) is 0. The average Bonchev–Trinajstić information content (AvgIpc) is 2.98. The summed E-state index contributed by atoms with van der Waals surface area (Å²) >= 11 is 0. The second-order valence-corrected chi connectivity index (χ2v) is 7.24. The Kier molecular flexibility index (Phi) is 5.34.